The van der Waals surface area contributed by atoms with Crippen LogP contribution in [0.5, 0.6) is 0 Å². The van der Waals surface area contributed by atoms with Gasteiger partial charge in [0, 0.05) is 13.0 Å². The van der Waals surface area contributed by atoms with Crippen LogP contribution in [0.15, 0.2) is 5.16 Å². The summed E-state index contributed by atoms with van der Waals surface area (Å²) in [5.74, 6) is 0.125. The van der Waals surface area contributed by atoms with Gasteiger partial charge in [-0.1, -0.05) is 18.0 Å². The van der Waals surface area contributed by atoms with E-state index < -0.39 is 10.0 Å². The molecule has 0 unspecified atom stereocenters. The van der Waals surface area contributed by atoms with Crippen molar-refractivity contribution in [3.8, 4) is 0 Å². The average molecular weight is 249 g/mol. The SMILES string of the molecule is NC(CCCNS(=O)(=O)C1CCCC1)=NO. The van der Waals surface area contributed by atoms with Crippen LogP contribution in [0, 0.1) is 0 Å². The van der Waals surface area contributed by atoms with Crippen molar-refractivity contribution < 1.29 is 13.6 Å². The second-order valence-electron chi connectivity index (χ2n) is 4.04. The van der Waals surface area contributed by atoms with E-state index in [1.54, 1.807) is 0 Å². The van der Waals surface area contributed by atoms with E-state index in [0.29, 0.717) is 19.4 Å². The highest BCUT2D eigenvalue weighted by Crippen LogP contribution is 2.23. The average Bonchev–Trinajstić information content (AvgIpc) is 2.78. The van der Waals surface area contributed by atoms with Crippen molar-refractivity contribution in [2.45, 2.75) is 43.8 Å². The molecule has 0 amide bonds. The summed E-state index contributed by atoms with van der Waals surface area (Å²) in [4.78, 5) is 0. The molecule has 0 radical (unpaired) electrons. The number of nitrogens with two attached hydrogens (primary N) is 1. The molecule has 0 spiro atoms. The Bertz CT molecular complexity index is 334. The summed E-state index contributed by atoms with van der Waals surface area (Å²) in [5.41, 5.74) is 5.27. The molecule has 0 aromatic rings. The topological polar surface area (TPSA) is 105 Å². The second-order valence-corrected chi connectivity index (χ2v) is 6.09. The third-order valence-electron chi connectivity index (χ3n) is 2.78. The maximum absolute atomic E-state index is 11.7. The molecule has 0 bridgehead atoms. The number of hydrogen-bond donors (Lipinski definition) is 3. The molecule has 1 aliphatic rings. The van der Waals surface area contributed by atoms with Crippen molar-refractivity contribution in [3.05, 3.63) is 0 Å². The van der Waals surface area contributed by atoms with Crippen LogP contribution in [0.4, 0.5) is 0 Å². The standard InChI is InChI=1S/C9H19N3O3S/c10-9(12-13)6-3-7-11-16(14,15)8-4-1-2-5-8/h8,11,13H,1-7H2,(H2,10,12). The highest BCUT2D eigenvalue weighted by Gasteiger charge is 2.27. The molecule has 6 nitrogen and oxygen atoms in total. The number of oxime groups is 1. The molecule has 0 aromatic heterocycles. The molecule has 0 atom stereocenters. The quantitative estimate of drug-likeness (QED) is 0.208. The third kappa shape index (κ3) is 3.97. The zero-order chi connectivity index (χ0) is 12.0. The smallest absolute Gasteiger partial charge is 0.214 e. The minimum atomic E-state index is -3.16. The van der Waals surface area contributed by atoms with E-state index in [4.69, 9.17) is 10.9 Å². The molecule has 1 saturated carbocycles. The van der Waals surface area contributed by atoms with Gasteiger partial charge in [-0.25, -0.2) is 13.1 Å². The fourth-order valence-electron chi connectivity index (χ4n) is 1.85. The van der Waals surface area contributed by atoms with Crippen molar-refractivity contribution in [3.63, 3.8) is 0 Å². The number of rotatable bonds is 6. The molecule has 16 heavy (non-hydrogen) atoms. The van der Waals surface area contributed by atoms with Crippen molar-refractivity contribution >= 4 is 15.9 Å². The molecule has 1 rings (SSSR count). The summed E-state index contributed by atoms with van der Waals surface area (Å²) in [7, 11) is -3.16. The third-order valence-corrected chi connectivity index (χ3v) is 4.74. The molecule has 0 aromatic carbocycles. The van der Waals surface area contributed by atoms with Crippen LogP contribution in [-0.2, 0) is 10.0 Å². The van der Waals surface area contributed by atoms with Crippen LogP contribution in [0.1, 0.15) is 38.5 Å². The molecular weight excluding hydrogens is 230 g/mol. The van der Waals surface area contributed by atoms with Crippen LogP contribution in [0.2, 0.25) is 0 Å². The van der Waals surface area contributed by atoms with Gasteiger partial charge in [0.25, 0.3) is 0 Å². The van der Waals surface area contributed by atoms with Crippen LogP contribution < -0.4 is 10.5 Å². The minimum Gasteiger partial charge on any atom is -0.409 e. The van der Waals surface area contributed by atoms with Crippen molar-refractivity contribution in [2.24, 2.45) is 10.9 Å². The Morgan fingerprint density at radius 3 is 2.62 bits per heavy atom. The van der Waals surface area contributed by atoms with Crippen LogP contribution in [-0.4, -0.2) is 31.3 Å². The first-order chi connectivity index (χ1) is 7.56. The number of amidine groups is 1. The molecule has 0 saturated heterocycles. The van der Waals surface area contributed by atoms with Crippen molar-refractivity contribution in [1.29, 1.82) is 0 Å². The zero-order valence-corrected chi connectivity index (χ0v) is 10.0. The first-order valence-corrected chi connectivity index (χ1v) is 7.06. The number of sulfonamides is 1. The highest BCUT2D eigenvalue weighted by molar-refractivity contribution is 7.90. The fourth-order valence-corrected chi connectivity index (χ4v) is 3.47. The van der Waals surface area contributed by atoms with Gasteiger partial charge in [0.2, 0.25) is 10.0 Å². The predicted molar refractivity (Wildman–Crippen MR) is 61.8 cm³/mol. The molecule has 0 heterocycles. The number of hydrogen-bond acceptors (Lipinski definition) is 4. The summed E-state index contributed by atoms with van der Waals surface area (Å²) in [6.45, 7) is 0.342. The Hall–Kier alpha value is -0.820. The lowest BCUT2D eigenvalue weighted by molar-refractivity contribution is 0.316. The maximum Gasteiger partial charge on any atom is 0.214 e. The Morgan fingerprint density at radius 2 is 2.06 bits per heavy atom. The molecule has 4 N–H and O–H groups in total. The minimum absolute atomic E-state index is 0.125. The van der Waals surface area contributed by atoms with Gasteiger partial charge < -0.3 is 10.9 Å². The molecule has 0 aliphatic heterocycles. The largest absolute Gasteiger partial charge is 0.409 e. The summed E-state index contributed by atoms with van der Waals surface area (Å²) in [5, 5.41) is 10.9. The first kappa shape index (κ1) is 13.2. The van der Waals surface area contributed by atoms with E-state index in [1.165, 1.54) is 0 Å². The Morgan fingerprint density at radius 1 is 1.44 bits per heavy atom. The Kier molecular flexibility index (Phi) is 5.01. The van der Waals surface area contributed by atoms with Gasteiger partial charge in [-0.05, 0) is 19.3 Å². The summed E-state index contributed by atoms with van der Waals surface area (Å²) in [6.07, 6.45) is 4.45. The number of nitrogens with one attached hydrogen (secondary N) is 1. The first-order valence-electron chi connectivity index (χ1n) is 5.51. The van der Waals surface area contributed by atoms with Gasteiger partial charge in [-0.3, -0.25) is 0 Å². The van der Waals surface area contributed by atoms with Gasteiger partial charge >= 0.3 is 0 Å². The fraction of sp³-hybridized carbons (Fsp3) is 0.889. The Balaban J connectivity index is 2.26. The van der Waals surface area contributed by atoms with Gasteiger partial charge in [0.15, 0.2) is 0 Å². The maximum atomic E-state index is 11.7. The van der Waals surface area contributed by atoms with E-state index >= 15 is 0 Å². The predicted octanol–water partition coefficient (Wildman–Crippen LogP) is 0.375. The zero-order valence-electron chi connectivity index (χ0n) is 9.22. The normalized spacial score (nSPS) is 19.1. The van der Waals surface area contributed by atoms with Gasteiger partial charge in [0.05, 0.1) is 5.25 Å². The van der Waals surface area contributed by atoms with E-state index in [1.807, 2.05) is 0 Å². The van der Waals surface area contributed by atoms with Gasteiger partial charge in [-0.2, -0.15) is 0 Å². The van der Waals surface area contributed by atoms with Gasteiger partial charge in [-0.15, -0.1) is 0 Å². The lowest BCUT2D eigenvalue weighted by Crippen LogP contribution is -2.33. The molecular formula is C9H19N3O3S. The summed E-state index contributed by atoms with van der Waals surface area (Å²) >= 11 is 0. The lowest BCUT2D eigenvalue weighted by Gasteiger charge is -2.11. The van der Waals surface area contributed by atoms with Gasteiger partial charge in [0.1, 0.15) is 5.84 Å². The van der Waals surface area contributed by atoms with Crippen LogP contribution in [0.3, 0.4) is 0 Å². The summed E-state index contributed by atoms with van der Waals surface area (Å²) < 4.78 is 26.0. The molecule has 7 heteroatoms. The van der Waals surface area contributed by atoms with E-state index in [9.17, 15) is 8.42 Å². The Labute approximate surface area is 95.9 Å². The lowest BCUT2D eigenvalue weighted by atomic mass is 10.3. The van der Waals surface area contributed by atoms with Crippen LogP contribution >= 0.6 is 0 Å². The van der Waals surface area contributed by atoms with Crippen LogP contribution in [0.25, 0.3) is 0 Å². The highest BCUT2D eigenvalue weighted by atomic mass is 32.2. The molecule has 1 aliphatic carbocycles. The molecule has 1 fully saturated rings. The van der Waals surface area contributed by atoms with E-state index in [-0.39, 0.29) is 11.1 Å². The monoisotopic (exact) mass is 249 g/mol. The van der Waals surface area contributed by atoms with Crippen molar-refractivity contribution in [2.75, 3.05) is 6.54 Å². The summed E-state index contributed by atoms with van der Waals surface area (Å²) in [6, 6.07) is 0. The van der Waals surface area contributed by atoms with Crippen molar-refractivity contribution in [1.82, 2.24) is 4.72 Å². The van der Waals surface area contributed by atoms with E-state index in [0.717, 1.165) is 25.7 Å². The van der Waals surface area contributed by atoms with E-state index in [2.05, 4.69) is 9.88 Å². The molecule has 94 valence electrons. The number of nitrogens with zero attached hydrogens (tertiary/aromatic N) is 1. The second kappa shape index (κ2) is 6.05.